The van der Waals surface area contributed by atoms with Gasteiger partial charge in [0.1, 0.15) is 12.9 Å². The third-order valence-electron chi connectivity index (χ3n) is 6.88. The molecule has 0 radical (unpaired) electrons. The molecule has 2 aliphatic rings. The van der Waals surface area contributed by atoms with Crippen LogP contribution in [-0.2, 0) is 14.3 Å². The van der Waals surface area contributed by atoms with Gasteiger partial charge in [0.05, 0.1) is 6.61 Å². The van der Waals surface area contributed by atoms with Crippen LogP contribution in [0, 0.1) is 0 Å². The van der Waals surface area contributed by atoms with Gasteiger partial charge in [-0.25, -0.2) is 15.0 Å². The lowest BCUT2D eigenvalue weighted by molar-refractivity contribution is -0.143. The van der Waals surface area contributed by atoms with E-state index in [4.69, 9.17) is 4.74 Å². The molecular weight excluding hydrogens is 470 g/mol. The Morgan fingerprint density at radius 3 is 2.11 bits per heavy atom. The van der Waals surface area contributed by atoms with Crippen molar-refractivity contribution in [3.63, 3.8) is 0 Å². The van der Waals surface area contributed by atoms with Crippen LogP contribution in [0.25, 0.3) is 0 Å². The number of amides is 1. The summed E-state index contributed by atoms with van der Waals surface area (Å²) in [5.41, 5.74) is 0.159. The second-order valence-corrected chi connectivity index (χ2v) is 10.2. The van der Waals surface area contributed by atoms with Crippen LogP contribution >= 0.6 is 0 Å². The molecule has 37 heavy (non-hydrogen) atoms. The maximum atomic E-state index is 12.1. The quantitative estimate of drug-likeness (QED) is 0.132. The maximum Gasteiger partial charge on any atom is 0.305 e. The molecule has 2 aliphatic heterocycles. The van der Waals surface area contributed by atoms with Crippen molar-refractivity contribution < 1.29 is 19.4 Å². The Morgan fingerprint density at radius 1 is 0.919 bits per heavy atom. The number of carbonyl (C=O) groups excluding carboxylic acids is 2. The summed E-state index contributed by atoms with van der Waals surface area (Å²) in [5.74, 6) is -1.63. The van der Waals surface area contributed by atoms with E-state index in [2.05, 4.69) is 32.5 Å². The number of hydrogen-bond donors (Lipinski definition) is 3. The highest BCUT2D eigenvalue weighted by Gasteiger charge is 2.39. The molecule has 9 nitrogen and oxygen atoms in total. The molecule has 0 aliphatic carbocycles. The molecule has 0 spiro atoms. The number of nitrogens with zero attached hydrogens (tertiary/aromatic N) is 3. The monoisotopic (exact) mass is 519 g/mol. The van der Waals surface area contributed by atoms with Crippen molar-refractivity contribution >= 4 is 29.8 Å². The summed E-state index contributed by atoms with van der Waals surface area (Å²) in [6, 6.07) is 0. The summed E-state index contributed by atoms with van der Waals surface area (Å²) in [5, 5.41) is 15.4. The summed E-state index contributed by atoms with van der Waals surface area (Å²) >= 11 is 0. The summed E-state index contributed by atoms with van der Waals surface area (Å²) in [6.45, 7) is 2.72. The number of carbonyl (C=O) groups is 2. The van der Waals surface area contributed by atoms with Crippen molar-refractivity contribution in [2.45, 2.75) is 128 Å². The highest BCUT2D eigenvalue weighted by Crippen LogP contribution is 2.14. The van der Waals surface area contributed by atoms with Gasteiger partial charge in [0.15, 0.2) is 11.5 Å². The number of hydrogen-bond acceptors (Lipinski definition) is 8. The fraction of sp³-hybridized carbons (Fsp3) is 0.821. The van der Waals surface area contributed by atoms with E-state index >= 15 is 0 Å². The molecule has 1 amide bonds. The third-order valence-corrected chi connectivity index (χ3v) is 6.88. The van der Waals surface area contributed by atoms with Crippen LogP contribution in [0.5, 0.6) is 0 Å². The predicted molar refractivity (Wildman–Crippen MR) is 149 cm³/mol. The Balaban J connectivity index is 1.36. The minimum Gasteiger partial charge on any atom is -0.466 e. The number of aliphatic hydroxyl groups is 1. The van der Waals surface area contributed by atoms with Gasteiger partial charge in [0.25, 0.3) is 5.91 Å². The Morgan fingerprint density at radius 2 is 1.51 bits per heavy atom. The van der Waals surface area contributed by atoms with Crippen LogP contribution in [0.1, 0.15) is 122 Å². The Labute approximate surface area is 223 Å². The molecule has 0 saturated heterocycles. The summed E-state index contributed by atoms with van der Waals surface area (Å²) in [4.78, 5) is 36.1. The van der Waals surface area contributed by atoms with E-state index in [0.29, 0.717) is 32.4 Å². The van der Waals surface area contributed by atoms with Crippen molar-refractivity contribution in [3.8, 4) is 0 Å². The SMILES string of the molecule is CCCCCCCCCCCCCCCCCC(=O)OCCCCNC1(CO)N=C2N=CN=C2C(=O)N1. The Hall–Kier alpha value is -2.13. The van der Waals surface area contributed by atoms with E-state index in [1.807, 2.05) is 0 Å². The molecule has 0 saturated carbocycles. The molecule has 2 rings (SSSR count). The normalized spacial score (nSPS) is 18.4. The highest BCUT2D eigenvalue weighted by molar-refractivity contribution is 6.69. The average Bonchev–Trinajstić information content (AvgIpc) is 3.37. The number of amidine groups is 1. The number of nitrogens with one attached hydrogen (secondary N) is 2. The van der Waals surface area contributed by atoms with E-state index in [-0.39, 0.29) is 17.5 Å². The van der Waals surface area contributed by atoms with Crippen LogP contribution in [0.4, 0.5) is 0 Å². The third kappa shape index (κ3) is 12.8. The zero-order valence-corrected chi connectivity index (χ0v) is 22.9. The Kier molecular flexibility index (Phi) is 16.0. The number of esters is 1. The Bertz CT molecular complexity index is 768. The standard InChI is InChI=1S/C28H49N5O4/c1-2-3-4-5-6-7-8-9-10-11-12-13-14-15-16-19-24(35)37-21-18-17-20-31-28(22-34)32-26-25(27(36)33-28)29-23-30-26/h23,31,34H,2-22H2,1H3,(H,33,36). The van der Waals surface area contributed by atoms with Gasteiger partial charge in [-0.05, 0) is 25.8 Å². The number of aliphatic imine (C=N–C) groups is 3. The molecular formula is C28H49N5O4. The van der Waals surface area contributed by atoms with Gasteiger partial charge < -0.3 is 15.2 Å². The van der Waals surface area contributed by atoms with Gasteiger partial charge in [0, 0.05) is 6.42 Å². The first-order valence-corrected chi connectivity index (χ1v) is 14.6. The number of ether oxygens (including phenoxy) is 1. The smallest absolute Gasteiger partial charge is 0.305 e. The minimum absolute atomic E-state index is 0.133. The largest absolute Gasteiger partial charge is 0.466 e. The van der Waals surface area contributed by atoms with Crippen LogP contribution in [0.2, 0.25) is 0 Å². The molecule has 0 aromatic rings. The van der Waals surface area contributed by atoms with Crippen molar-refractivity contribution in [1.29, 1.82) is 0 Å². The highest BCUT2D eigenvalue weighted by atomic mass is 16.5. The fourth-order valence-corrected chi connectivity index (χ4v) is 4.59. The lowest BCUT2D eigenvalue weighted by Gasteiger charge is -2.33. The zero-order valence-electron chi connectivity index (χ0n) is 22.9. The van der Waals surface area contributed by atoms with Gasteiger partial charge in [-0.15, -0.1) is 0 Å². The molecule has 3 N–H and O–H groups in total. The van der Waals surface area contributed by atoms with E-state index in [1.54, 1.807) is 0 Å². The van der Waals surface area contributed by atoms with Gasteiger partial charge >= 0.3 is 5.97 Å². The van der Waals surface area contributed by atoms with Gasteiger partial charge in [0.2, 0.25) is 5.79 Å². The van der Waals surface area contributed by atoms with Crippen molar-refractivity contribution in [3.05, 3.63) is 0 Å². The molecule has 1 unspecified atom stereocenters. The number of rotatable bonds is 23. The van der Waals surface area contributed by atoms with Crippen LogP contribution in [0.15, 0.2) is 15.0 Å². The molecule has 0 fully saturated rings. The molecule has 0 aromatic carbocycles. The first-order valence-electron chi connectivity index (χ1n) is 14.6. The van der Waals surface area contributed by atoms with Gasteiger partial charge in [-0.2, -0.15) is 0 Å². The van der Waals surface area contributed by atoms with Crippen molar-refractivity contribution in [2.75, 3.05) is 19.8 Å². The fourth-order valence-electron chi connectivity index (χ4n) is 4.59. The maximum absolute atomic E-state index is 12.1. The van der Waals surface area contributed by atoms with Gasteiger partial charge in [-0.1, -0.05) is 96.8 Å². The number of fused-ring (bicyclic) bond motifs is 1. The van der Waals surface area contributed by atoms with Crippen LogP contribution < -0.4 is 10.6 Å². The topological polar surface area (TPSA) is 125 Å². The average molecular weight is 520 g/mol. The predicted octanol–water partition coefficient (Wildman–Crippen LogP) is 4.82. The zero-order chi connectivity index (χ0) is 26.6. The van der Waals surface area contributed by atoms with Crippen LogP contribution in [-0.4, -0.2) is 60.4 Å². The van der Waals surface area contributed by atoms with Gasteiger partial charge in [-0.3, -0.25) is 14.9 Å². The summed E-state index contributed by atoms with van der Waals surface area (Å²) < 4.78 is 5.33. The van der Waals surface area contributed by atoms with E-state index in [1.165, 1.54) is 89.8 Å². The first-order chi connectivity index (χ1) is 18.1. The molecule has 0 bridgehead atoms. The summed E-state index contributed by atoms with van der Waals surface area (Å²) in [7, 11) is 0. The molecule has 210 valence electrons. The van der Waals surface area contributed by atoms with Crippen LogP contribution in [0.3, 0.4) is 0 Å². The molecule has 0 aromatic heterocycles. The molecule has 2 heterocycles. The number of unbranched alkanes of at least 4 members (excludes halogenated alkanes) is 15. The van der Waals surface area contributed by atoms with E-state index in [0.717, 1.165) is 12.8 Å². The van der Waals surface area contributed by atoms with E-state index in [9.17, 15) is 14.7 Å². The number of aliphatic hydroxyl groups excluding tert-OH is 1. The second-order valence-electron chi connectivity index (χ2n) is 10.2. The lowest BCUT2D eigenvalue weighted by Crippen LogP contribution is -2.65. The van der Waals surface area contributed by atoms with Crippen molar-refractivity contribution in [2.24, 2.45) is 15.0 Å². The summed E-state index contributed by atoms with van der Waals surface area (Å²) in [6.07, 6.45) is 22.8. The first kappa shape index (κ1) is 31.1. The molecule has 9 heteroatoms. The van der Waals surface area contributed by atoms with Crippen molar-refractivity contribution in [1.82, 2.24) is 10.6 Å². The lowest BCUT2D eigenvalue weighted by atomic mass is 10.0. The minimum atomic E-state index is -1.29. The van der Waals surface area contributed by atoms with E-state index < -0.39 is 18.3 Å². The molecule has 1 atom stereocenters. The second kappa shape index (κ2) is 19.0.